The number of carboxylic acid groups (broad SMARTS) is 2. The molecule has 21 fully saturated rings. The van der Waals surface area contributed by atoms with E-state index in [4.69, 9.17) is 75.8 Å². The number of Topliss-reactive ketones (excluding diaryl/α,β-unsaturated/α-hetero) is 2. The zero-order valence-electron chi connectivity index (χ0n) is 55.5. The van der Waals surface area contributed by atoms with Gasteiger partial charge in [0.05, 0.1) is 77.6 Å². The second kappa shape index (κ2) is 40.0. The van der Waals surface area contributed by atoms with Crippen molar-refractivity contribution in [1.29, 1.82) is 0 Å². The summed E-state index contributed by atoms with van der Waals surface area (Å²) in [5, 5.41) is 239. The van der Waals surface area contributed by atoms with Crippen LogP contribution >= 0.6 is 23.5 Å². The molecule has 0 aromatic rings. The van der Waals surface area contributed by atoms with Crippen LogP contribution in [0, 0.1) is 5.92 Å². The van der Waals surface area contributed by atoms with E-state index in [9.17, 15) is 126 Å². The van der Waals surface area contributed by atoms with E-state index in [1.54, 1.807) is 0 Å². The fourth-order valence-corrected chi connectivity index (χ4v) is 15.0. The molecule has 0 amide bonds. The fraction of sp³-hybridized carbons (Fsp3) is 0.932. The number of aliphatic carboxylic acids is 2. The monoisotopic (exact) mass is 1540 g/mol. The van der Waals surface area contributed by atoms with Crippen LogP contribution in [-0.4, -0.2) is 441 Å². The topological polar surface area (TPSA) is 653 Å². The third-order valence-corrected chi connectivity index (χ3v) is 20.9. The fourth-order valence-electron chi connectivity index (χ4n) is 12.6. The van der Waals surface area contributed by atoms with Gasteiger partial charge in [-0.15, -0.1) is 0 Å². The highest BCUT2D eigenvalue weighted by atomic mass is 32.2. The van der Waals surface area contributed by atoms with E-state index >= 15 is 0 Å². The van der Waals surface area contributed by atoms with E-state index in [2.05, 4.69) is 5.32 Å². The summed E-state index contributed by atoms with van der Waals surface area (Å²) in [4.78, 5) is 48.7. The second-order valence-electron chi connectivity index (χ2n) is 25.7. The SMILES string of the molecule is CN[C@H](CSCC1O[C@H]2O[C@@H]3C(CO)O[C@H](O[C@@H]4C(CO)O[C@@H](O[C@@H]5C(CO)O[C@H](O[C@@H]6C(CSC[C@@H](CC(=O)CCOCCOCCC(C)=O)C(=O)O)O[C@@H](O[C@@H]7C(CO)O[C@@H](O[C@@H]8C(CO)O[C@@H](O[C@H]1[C@H](O)C2O)C(O)[C@H]8O)C(O)[C@H]7O)C(O)[C@H]6O)C(O)[C@H]5O)C(O)[C@H]4O)C(O)[C@H]3O)C(=O)O. The van der Waals surface area contributed by atoms with Crippen molar-refractivity contribution in [1.82, 2.24) is 5.32 Å². The van der Waals surface area contributed by atoms with Gasteiger partial charge in [0.15, 0.2) is 44.0 Å². The first-order chi connectivity index (χ1) is 49.0. The Morgan fingerprint density at radius 1 is 0.350 bits per heavy atom. The minimum absolute atomic E-state index is 0.0645. The van der Waals surface area contributed by atoms with Gasteiger partial charge in [0, 0.05) is 42.3 Å². The molecule has 21 heterocycles. The molecule has 14 bridgehead atoms. The molecule has 21 rings (SSSR count). The summed E-state index contributed by atoms with van der Waals surface area (Å²) in [5.74, 6) is -6.08. The van der Waals surface area contributed by atoms with Gasteiger partial charge in [-0.2, -0.15) is 23.5 Å². The molecule has 22 N–H and O–H groups in total. The zero-order chi connectivity index (χ0) is 75.4. The van der Waals surface area contributed by atoms with Crippen molar-refractivity contribution in [2.45, 2.75) is 247 Å². The molecule has 21 saturated heterocycles. The molecule has 596 valence electrons. The van der Waals surface area contributed by atoms with Gasteiger partial charge < -0.3 is 188 Å². The van der Waals surface area contributed by atoms with E-state index < -0.39 is 290 Å². The summed E-state index contributed by atoms with van der Waals surface area (Å²) < 4.78 is 93.3. The van der Waals surface area contributed by atoms with Crippen molar-refractivity contribution in [3.05, 3.63) is 0 Å². The molecular formula is C59H97NO41S2. The predicted molar refractivity (Wildman–Crippen MR) is 332 cm³/mol. The van der Waals surface area contributed by atoms with Crippen LogP contribution in [-0.2, 0) is 95.0 Å². The van der Waals surface area contributed by atoms with Gasteiger partial charge in [-0.25, -0.2) is 0 Å². The molecular weight excluding hydrogens is 1440 g/mol. The summed E-state index contributed by atoms with van der Waals surface area (Å²) in [7, 11) is 1.35. The number of aliphatic hydroxyl groups is 19. The van der Waals surface area contributed by atoms with E-state index in [1.807, 2.05) is 0 Å². The summed E-state index contributed by atoms with van der Waals surface area (Å²) >= 11 is 1.66. The smallest absolute Gasteiger partial charge is 0.321 e. The van der Waals surface area contributed by atoms with Gasteiger partial charge >= 0.3 is 11.9 Å². The zero-order valence-corrected chi connectivity index (χ0v) is 57.2. The molecule has 0 spiro atoms. The standard InChI is InChI=1S/C59H97NO41S2/c1-19(66)3-5-86-7-8-87-6-4-21(67)9-20(51(82)83)15-102-17-28-49-35(73)42(80)58(93-28)98-47-26(13-64)89-55(38(76)31(47)69)97-46-25(12-63)92-57(41(79)34(46)72)101-50-29(18-103-16-22(60-2)52(84)85)94-59(43(81)36(50)74)99-48-27(14-65)90-54(39(77)32(48)70)95-44-23(10-61)88-53(37(75)30(44)68)96-45-24(11-62)91-56(100-49)40(78)33(45)71/h20,22-50,53-65,68-81H,3-18H2,1-2H3,(H,82,83)(H,84,85)/t20-,22-,23?,24?,25?,26?,27?,28?,29?,30-,31-,32-,33-,34-,35-,36-,37?,38?,39?,40?,41?,42?,43?,44-,45-,46-,47-,48-,49-,50-,53+,54-,55+,56-,57+,58+,59+/m1/s1. The van der Waals surface area contributed by atoms with E-state index in [1.165, 1.54) is 14.0 Å². The molecule has 0 saturated carbocycles. The highest BCUT2D eigenvalue weighted by Gasteiger charge is 2.60. The summed E-state index contributed by atoms with van der Waals surface area (Å²) in [5.41, 5.74) is 0. The average Bonchev–Trinajstić information content (AvgIpc) is 0.785. The van der Waals surface area contributed by atoms with Crippen LogP contribution in [0.25, 0.3) is 0 Å². The molecule has 103 heavy (non-hydrogen) atoms. The number of likely N-dealkylation sites (N-methyl/N-ethyl adjacent to an activating group) is 1. The molecule has 0 aliphatic carbocycles. The van der Waals surface area contributed by atoms with Gasteiger partial charge in [-0.05, 0) is 14.0 Å². The third kappa shape index (κ3) is 21.0. The highest BCUT2D eigenvalue weighted by molar-refractivity contribution is 7.99. The van der Waals surface area contributed by atoms with Crippen LogP contribution in [0.1, 0.15) is 26.2 Å². The molecule has 42 nitrogen and oxygen atoms in total. The maximum atomic E-state index is 13.0. The number of carbonyl (C=O) groups is 4. The van der Waals surface area contributed by atoms with E-state index in [0.29, 0.717) is 0 Å². The quantitative estimate of drug-likeness (QED) is 0.0340. The van der Waals surface area contributed by atoms with Crippen LogP contribution < -0.4 is 5.32 Å². The molecule has 0 aromatic carbocycles. The van der Waals surface area contributed by atoms with Gasteiger partial charge in [0.1, 0.15) is 176 Å². The summed E-state index contributed by atoms with van der Waals surface area (Å²) in [6.45, 7) is -3.91. The van der Waals surface area contributed by atoms with E-state index in [0.717, 1.165) is 23.5 Å². The maximum Gasteiger partial charge on any atom is 0.321 e. The number of nitrogens with one attached hydrogen (secondary N) is 1. The Morgan fingerprint density at radius 2 is 0.602 bits per heavy atom. The number of hydrogen-bond acceptors (Lipinski definition) is 42. The van der Waals surface area contributed by atoms with Crippen LogP contribution in [0.5, 0.6) is 0 Å². The first kappa shape index (κ1) is 86.1. The van der Waals surface area contributed by atoms with Gasteiger partial charge in [0.25, 0.3) is 0 Å². The lowest BCUT2D eigenvalue weighted by Gasteiger charge is -2.50. The summed E-state index contributed by atoms with van der Waals surface area (Å²) in [6, 6.07) is -1.18. The van der Waals surface area contributed by atoms with Crippen LogP contribution in [0.4, 0.5) is 0 Å². The summed E-state index contributed by atoms with van der Waals surface area (Å²) in [6.07, 6.45) is -73.1. The minimum atomic E-state index is -2.31. The first-order valence-corrected chi connectivity index (χ1v) is 35.5. The highest BCUT2D eigenvalue weighted by Crippen LogP contribution is 2.40. The van der Waals surface area contributed by atoms with Gasteiger partial charge in [-0.3, -0.25) is 19.2 Å². The number of ether oxygens (including phenoxy) is 16. The number of hydrogen-bond donors (Lipinski definition) is 22. The molecule has 37 atom stereocenters. The lowest BCUT2D eigenvalue weighted by molar-refractivity contribution is -0.395. The Bertz CT molecular complexity index is 2610. The minimum Gasteiger partial charge on any atom is -0.481 e. The van der Waals surface area contributed by atoms with Crippen molar-refractivity contribution in [3.63, 3.8) is 0 Å². The van der Waals surface area contributed by atoms with Crippen LogP contribution in [0.2, 0.25) is 0 Å². The molecule has 0 aromatic heterocycles. The van der Waals surface area contributed by atoms with Crippen molar-refractivity contribution >= 4 is 47.0 Å². The average molecular weight is 1540 g/mol. The Morgan fingerprint density at radius 3 is 0.845 bits per heavy atom. The number of ketones is 2. The molecule has 21 aliphatic heterocycles. The van der Waals surface area contributed by atoms with Crippen molar-refractivity contribution in [3.8, 4) is 0 Å². The number of aliphatic hydroxyl groups excluding tert-OH is 19. The Kier molecular flexibility index (Phi) is 33.4. The lowest BCUT2D eigenvalue weighted by Crippen LogP contribution is -2.68. The lowest BCUT2D eigenvalue weighted by atomic mass is 9.95. The first-order valence-electron chi connectivity index (χ1n) is 33.2. The van der Waals surface area contributed by atoms with Crippen molar-refractivity contribution in [2.24, 2.45) is 5.92 Å². The number of carboxylic acids is 2. The predicted octanol–water partition coefficient (Wildman–Crippen LogP) is -13.0. The molecule has 44 heteroatoms. The molecule has 0 radical (unpaired) electrons. The normalized spacial score (nSPS) is 44.9. The van der Waals surface area contributed by atoms with Crippen molar-refractivity contribution in [2.75, 3.05) is 89.5 Å². The third-order valence-electron chi connectivity index (χ3n) is 18.6. The van der Waals surface area contributed by atoms with Gasteiger partial charge in [0.2, 0.25) is 0 Å². The molecule has 14 unspecified atom stereocenters. The van der Waals surface area contributed by atoms with Crippen LogP contribution in [0.3, 0.4) is 0 Å². The largest absolute Gasteiger partial charge is 0.481 e. The maximum absolute atomic E-state index is 13.0. The Labute approximate surface area is 595 Å². The molecule has 21 aliphatic rings. The van der Waals surface area contributed by atoms with Gasteiger partial charge in [-0.1, -0.05) is 0 Å². The Hall–Kier alpha value is -2.46. The Balaban J connectivity index is 1.08. The number of rotatable bonds is 27. The van der Waals surface area contributed by atoms with E-state index in [-0.39, 0.29) is 62.3 Å². The van der Waals surface area contributed by atoms with Crippen molar-refractivity contribution < 1.29 is 202 Å². The second-order valence-corrected chi connectivity index (χ2v) is 27.9. The number of thioether (sulfide) groups is 2. The number of carbonyl (C=O) groups excluding carboxylic acids is 2. The van der Waals surface area contributed by atoms with Crippen LogP contribution in [0.15, 0.2) is 0 Å².